The van der Waals surface area contributed by atoms with Gasteiger partial charge in [-0.05, 0) is 47.5 Å². The molecule has 0 N–H and O–H groups in total. The topological polar surface area (TPSA) is 9.23 Å². The maximum absolute atomic E-state index is 5.78. The summed E-state index contributed by atoms with van der Waals surface area (Å²) in [4.78, 5) is 0.118. The first-order valence-electron chi connectivity index (χ1n) is 6.73. The molecule has 0 aliphatic carbocycles. The second-order valence-corrected chi connectivity index (χ2v) is 7.41. The zero-order valence-electron chi connectivity index (χ0n) is 11.5. The third-order valence-electron chi connectivity index (χ3n) is 3.33. The van der Waals surface area contributed by atoms with Crippen LogP contribution in [0.2, 0.25) is 0 Å². The van der Waals surface area contributed by atoms with Gasteiger partial charge in [0.25, 0.3) is 0 Å². The summed E-state index contributed by atoms with van der Waals surface area (Å²) in [5, 5.41) is 3.52. The molecule has 3 rings (SSSR count). The van der Waals surface area contributed by atoms with Gasteiger partial charge in [-0.3, -0.25) is 0 Å². The standard InChI is InChI=1S/C17H14Br2OS/c1-2-20-15-8-7-11(18)9-13(15)17(19)14-10-21-16-6-4-3-5-12(14)16/h3-10,17H,2H2,1H3. The van der Waals surface area contributed by atoms with E-state index < -0.39 is 0 Å². The average Bonchev–Trinajstić information content (AvgIpc) is 2.92. The Hall–Kier alpha value is -0.840. The number of fused-ring (bicyclic) bond motifs is 1. The number of hydrogen-bond acceptors (Lipinski definition) is 2. The second kappa shape index (κ2) is 6.51. The predicted molar refractivity (Wildman–Crippen MR) is 97.9 cm³/mol. The second-order valence-electron chi connectivity index (χ2n) is 4.66. The van der Waals surface area contributed by atoms with Gasteiger partial charge in [0.1, 0.15) is 5.75 Å². The lowest BCUT2D eigenvalue weighted by molar-refractivity contribution is 0.337. The van der Waals surface area contributed by atoms with E-state index in [2.05, 4.69) is 67.6 Å². The number of ether oxygens (including phenoxy) is 1. The van der Waals surface area contributed by atoms with Crippen LogP contribution < -0.4 is 4.74 Å². The van der Waals surface area contributed by atoms with Gasteiger partial charge in [0.15, 0.2) is 0 Å². The Bertz CT molecular complexity index is 766. The van der Waals surface area contributed by atoms with E-state index in [1.807, 2.05) is 19.1 Å². The Labute approximate surface area is 145 Å². The minimum Gasteiger partial charge on any atom is -0.494 e. The van der Waals surface area contributed by atoms with Crippen molar-refractivity contribution in [2.45, 2.75) is 11.8 Å². The predicted octanol–water partition coefficient (Wildman–Crippen LogP) is 6.55. The molecule has 3 aromatic rings. The molecule has 2 aromatic carbocycles. The van der Waals surface area contributed by atoms with Crippen LogP contribution in [0, 0.1) is 0 Å². The number of alkyl halides is 1. The minimum absolute atomic E-state index is 0.118. The van der Waals surface area contributed by atoms with E-state index in [0.29, 0.717) is 6.61 Å². The first-order valence-corrected chi connectivity index (χ1v) is 9.32. The fourth-order valence-corrected chi connectivity index (χ4v) is 4.64. The molecule has 1 heterocycles. The summed E-state index contributed by atoms with van der Waals surface area (Å²) in [7, 11) is 0. The highest BCUT2D eigenvalue weighted by Gasteiger charge is 2.19. The molecule has 0 saturated carbocycles. The van der Waals surface area contributed by atoms with E-state index in [1.54, 1.807) is 11.3 Å². The van der Waals surface area contributed by atoms with Gasteiger partial charge in [-0.15, -0.1) is 11.3 Å². The molecule has 4 heteroatoms. The lowest BCUT2D eigenvalue weighted by Gasteiger charge is -2.15. The van der Waals surface area contributed by atoms with Crippen LogP contribution in [-0.2, 0) is 0 Å². The van der Waals surface area contributed by atoms with Crippen molar-refractivity contribution in [3.8, 4) is 5.75 Å². The normalized spacial score (nSPS) is 12.5. The number of halogens is 2. The van der Waals surface area contributed by atoms with E-state index in [1.165, 1.54) is 15.6 Å². The average molecular weight is 426 g/mol. The van der Waals surface area contributed by atoms with Gasteiger partial charge in [-0.2, -0.15) is 0 Å². The van der Waals surface area contributed by atoms with Gasteiger partial charge >= 0.3 is 0 Å². The Morgan fingerprint density at radius 2 is 1.95 bits per heavy atom. The number of thiophene rings is 1. The molecule has 0 fully saturated rings. The number of hydrogen-bond donors (Lipinski definition) is 0. The molecule has 0 spiro atoms. The molecule has 0 radical (unpaired) electrons. The van der Waals surface area contributed by atoms with Crippen LogP contribution in [0.3, 0.4) is 0 Å². The quantitative estimate of drug-likeness (QED) is 0.430. The van der Waals surface area contributed by atoms with Crippen molar-refractivity contribution in [1.82, 2.24) is 0 Å². The molecule has 21 heavy (non-hydrogen) atoms. The molecule has 1 unspecified atom stereocenters. The Balaban J connectivity index is 2.09. The first-order chi connectivity index (χ1) is 10.2. The Morgan fingerprint density at radius 1 is 1.14 bits per heavy atom. The Morgan fingerprint density at radius 3 is 2.76 bits per heavy atom. The van der Waals surface area contributed by atoms with Crippen LogP contribution in [0.4, 0.5) is 0 Å². The molecular formula is C17H14Br2OS. The molecule has 0 aliphatic heterocycles. The largest absolute Gasteiger partial charge is 0.494 e. The minimum atomic E-state index is 0.118. The fourth-order valence-electron chi connectivity index (χ4n) is 2.37. The molecular weight excluding hydrogens is 412 g/mol. The Kier molecular flexibility index (Phi) is 4.67. The summed E-state index contributed by atoms with van der Waals surface area (Å²) >= 11 is 9.19. The van der Waals surface area contributed by atoms with Crippen molar-refractivity contribution in [1.29, 1.82) is 0 Å². The smallest absolute Gasteiger partial charge is 0.124 e. The van der Waals surface area contributed by atoms with E-state index in [4.69, 9.17) is 4.74 Å². The summed E-state index contributed by atoms with van der Waals surface area (Å²) in [6, 6.07) is 14.7. The van der Waals surface area contributed by atoms with E-state index in [9.17, 15) is 0 Å². The van der Waals surface area contributed by atoms with Gasteiger partial charge in [0.05, 0.1) is 11.4 Å². The highest BCUT2D eigenvalue weighted by Crippen LogP contribution is 2.42. The third kappa shape index (κ3) is 3.03. The summed E-state index contributed by atoms with van der Waals surface area (Å²) in [5.41, 5.74) is 2.43. The third-order valence-corrected chi connectivity index (χ3v) is 5.79. The van der Waals surface area contributed by atoms with Gasteiger partial charge in [-0.1, -0.05) is 50.1 Å². The molecule has 0 aliphatic rings. The van der Waals surface area contributed by atoms with Crippen molar-refractivity contribution in [3.63, 3.8) is 0 Å². The molecule has 108 valence electrons. The van der Waals surface area contributed by atoms with Crippen molar-refractivity contribution >= 4 is 53.3 Å². The van der Waals surface area contributed by atoms with Crippen LogP contribution in [0.15, 0.2) is 52.3 Å². The zero-order valence-corrected chi connectivity index (χ0v) is 15.5. The van der Waals surface area contributed by atoms with E-state index in [-0.39, 0.29) is 4.83 Å². The van der Waals surface area contributed by atoms with Crippen LogP contribution in [0.25, 0.3) is 10.1 Å². The molecule has 0 bridgehead atoms. The lowest BCUT2D eigenvalue weighted by atomic mass is 10.0. The maximum Gasteiger partial charge on any atom is 0.124 e. The van der Waals surface area contributed by atoms with Crippen molar-refractivity contribution < 1.29 is 4.74 Å². The highest BCUT2D eigenvalue weighted by atomic mass is 79.9. The van der Waals surface area contributed by atoms with Crippen molar-refractivity contribution in [2.24, 2.45) is 0 Å². The van der Waals surface area contributed by atoms with Crippen molar-refractivity contribution in [3.05, 3.63) is 63.4 Å². The molecule has 1 atom stereocenters. The van der Waals surface area contributed by atoms with Crippen molar-refractivity contribution in [2.75, 3.05) is 6.61 Å². The summed E-state index contributed by atoms with van der Waals surface area (Å²) in [6.45, 7) is 2.67. The molecule has 1 aromatic heterocycles. The zero-order chi connectivity index (χ0) is 14.8. The monoisotopic (exact) mass is 424 g/mol. The van der Waals surface area contributed by atoms with Crippen LogP contribution in [0.1, 0.15) is 22.9 Å². The van der Waals surface area contributed by atoms with Gasteiger partial charge < -0.3 is 4.74 Å². The number of benzene rings is 2. The van der Waals surface area contributed by atoms with Gasteiger partial charge in [0, 0.05) is 14.7 Å². The first kappa shape index (κ1) is 15.1. The maximum atomic E-state index is 5.78. The lowest BCUT2D eigenvalue weighted by Crippen LogP contribution is -1.99. The van der Waals surface area contributed by atoms with Gasteiger partial charge in [-0.25, -0.2) is 0 Å². The van der Waals surface area contributed by atoms with Crippen LogP contribution in [0.5, 0.6) is 5.75 Å². The van der Waals surface area contributed by atoms with Crippen LogP contribution >= 0.6 is 43.2 Å². The summed E-state index contributed by atoms with van der Waals surface area (Å²) < 4.78 is 8.15. The molecule has 0 amide bonds. The number of rotatable bonds is 4. The van der Waals surface area contributed by atoms with Crippen LogP contribution in [-0.4, -0.2) is 6.61 Å². The van der Waals surface area contributed by atoms with E-state index >= 15 is 0 Å². The van der Waals surface area contributed by atoms with Gasteiger partial charge in [0.2, 0.25) is 0 Å². The highest BCUT2D eigenvalue weighted by molar-refractivity contribution is 9.10. The SMILES string of the molecule is CCOc1ccc(Br)cc1C(Br)c1csc2ccccc12. The van der Waals surface area contributed by atoms with E-state index in [0.717, 1.165) is 15.8 Å². The summed E-state index contributed by atoms with van der Waals surface area (Å²) in [5.74, 6) is 0.929. The molecule has 1 nitrogen and oxygen atoms in total. The fraction of sp³-hybridized carbons (Fsp3) is 0.176. The summed E-state index contributed by atoms with van der Waals surface area (Å²) in [6.07, 6.45) is 0. The molecule has 0 saturated heterocycles.